The molecule has 0 rings (SSSR count). The number of rotatable bonds is 4. The molecule has 15 heavy (non-hydrogen) atoms. The van der Waals surface area contributed by atoms with E-state index in [9.17, 15) is 13.2 Å². The standard InChI is InChI=1S/C10H16F3NO/c1-5-8(10(11,12)13)7(3)15-9(4,14)6-2/h5H,1,6,14H2,2-4H3/b8-7-. The first-order valence-corrected chi connectivity index (χ1v) is 4.52. The lowest BCUT2D eigenvalue weighted by molar-refractivity contribution is -0.0948. The van der Waals surface area contributed by atoms with Gasteiger partial charge < -0.3 is 4.74 Å². The Hall–Kier alpha value is -0.970. The van der Waals surface area contributed by atoms with Gasteiger partial charge in [0.25, 0.3) is 0 Å². The van der Waals surface area contributed by atoms with Gasteiger partial charge in [0.05, 0.1) is 5.57 Å². The van der Waals surface area contributed by atoms with Crippen LogP contribution in [0.4, 0.5) is 13.2 Å². The van der Waals surface area contributed by atoms with E-state index in [0.717, 1.165) is 6.08 Å². The van der Waals surface area contributed by atoms with Crippen LogP contribution in [0.25, 0.3) is 0 Å². The van der Waals surface area contributed by atoms with Gasteiger partial charge in [-0.1, -0.05) is 19.6 Å². The third-order valence-electron chi connectivity index (χ3n) is 1.98. The second kappa shape index (κ2) is 4.70. The first-order valence-electron chi connectivity index (χ1n) is 4.52. The molecule has 0 fully saturated rings. The van der Waals surface area contributed by atoms with Crippen LogP contribution in [-0.4, -0.2) is 11.9 Å². The van der Waals surface area contributed by atoms with E-state index in [1.54, 1.807) is 6.92 Å². The average Bonchev–Trinajstić information content (AvgIpc) is 2.01. The quantitative estimate of drug-likeness (QED) is 0.451. The summed E-state index contributed by atoms with van der Waals surface area (Å²) in [7, 11) is 0. The van der Waals surface area contributed by atoms with Crippen molar-refractivity contribution < 1.29 is 17.9 Å². The largest absolute Gasteiger partial charge is 0.477 e. The van der Waals surface area contributed by atoms with Crippen molar-refractivity contribution in [2.45, 2.75) is 39.1 Å². The van der Waals surface area contributed by atoms with Crippen molar-refractivity contribution >= 4 is 0 Å². The highest BCUT2D eigenvalue weighted by molar-refractivity contribution is 5.24. The monoisotopic (exact) mass is 223 g/mol. The van der Waals surface area contributed by atoms with E-state index in [4.69, 9.17) is 10.5 Å². The zero-order valence-electron chi connectivity index (χ0n) is 9.11. The Balaban J connectivity index is 4.99. The molecule has 0 aromatic rings. The maximum atomic E-state index is 12.4. The predicted octanol–water partition coefficient (Wildman–Crippen LogP) is 3.11. The highest BCUT2D eigenvalue weighted by atomic mass is 19.4. The minimum Gasteiger partial charge on any atom is -0.477 e. The third-order valence-corrected chi connectivity index (χ3v) is 1.98. The molecule has 2 nitrogen and oxygen atoms in total. The van der Waals surface area contributed by atoms with Gasteiger partial charge >= 0.3 is 6.18 Å². The normalized spacial score (nSPS) is 17.8. The Kier molecular flexibility index (Phi) is 4.40. The van der Waals surface area contributed by atoms with Crippen LogP contribution in [0, 0.1) is 0 Å². The van der Waals surface area contributed by atoms with Gasteiger partial charge in [-0.15, -0.1) is 0 Å². The number of nitrogens with two attached hydrogens (primary N) is 1. The summed E-state index contributed by atoms with van der Waals surface area (Å²) in [5, 5.41) is 0. The fourth-order valence-electron chi connectivity index (χ4n) is 0.936. The molecule has 0 bridgehead atoms. The van der Waals surface area contributed by atoms with E-state index >= 15 is 0 Å². The summed E-state index contributed by atoms with van der Waals surface area (Å²) >= 11 is 0. The van der Waals surface area contributed by atoms with Crippen LogP contribution < -0.4 is 5.73 Å². The molecule has 1 unspecified atom stereocenters. The SMILES string of the molecule is C=C/C(=C(\C)OC(C)(N)CC)C(F)(F)F. The van der Waals surface area contributed by atoms with Gasteiger partial charge in [-0.2, -0.15) is 13.2 Å². The number of ether oxygens (including phenoxy) is 1. The Morgan fingerprint density at radius 3 is 2.20 bits per heavy atom. The lowest BCUT2D eigenvalue weighted by Gasteiger charge is -2.26. The topological polar surface area (TPSA) is 35.2 Å². The number of allylic oxidation sites excluding steroid dienone is 3. The minimum absolute atomic E-state index is 0.260. The van der Waals surface area contributed by atoms with E-state index < -0.39 is 17.5 Å². The van der Waals surface area contributed by atoms with Crippen molar-refractivity contribution in [3.8, 4) is 0 Å². The van der Waals surface area contributed by atoms with Gasteiger partial charge in [-0.05, 0) is 20.3 Å². The van der Waals surface area contributed by atoms with Crippen LogP contribution in [0.2, 0.25) is 0 Å². The van der Waals surface area contributed by atoms with E-state index in [1.807, 2.05) is 0 Å². The van der Waals surface area contributed by atoms with Crippen molar-refractivity contribution in [3.05, 3.63) is 24.0 Å². The minimum atomic E-state index is -4.46. The molecule has 0 saturated carbocycles. The van der Waals surface area contributed by atoms with Gasteiger partial charge in [0.2, 0.25) is 0 Å². The Morgan fingerprint density at radius 1 is 1.47 bits per heavy atom. The fraction of sp³-hybridized carbons (Fsp3) is 0.600. The summed E-state index contributed by atoms with van der Waals surface area (Å²) in [6.45, 7) is 7.59. The molecule has 88 valence electrons. The molecule has 0 amide bonds. The third kappa shape index (κ3) is 4.38. The van der Waals surface area contributed by atoms with Crippen LogP contribution in [0.3, 0.4) is 0 Å². The Morgan fingerprint density at radius 2 is 1.93 bits per heavy atom. The molecule has 2 N–H and O–H groups in total. The van der Waals surface area contributed by atoms with E-state index in [2.05, 4.69) is 6.58 Å². The number of halogens is 3. The molecular formula is C10H16F3NO. The molecule has 0 aliphatic rings. The van der Waals surface area contributed by atoms with Crippen molar-refractivity contribution in [2.24, 2.45) is 5.73 Å². The molecule has 1 atom stereocenters. The van der Waals surface area contributed by atoms with Crippen LogP contribution in [-0.2, 0) is 4.74 Å². The average molecular weight is 223 g/mol. The van der Waals surface area contributed by atoms with Gasteiger partial charge in [0.1, 0.15) is 5.76 Å². The lowest BCUT2D eigenvalue weighted by Crippen LogP contribution is -2.38. The molecule has 0 saturated heterocycles. The molecule has 0 aliphatic heterocycles. The van der Waals surface area contributed by atoms with Crippen LogP contribution in [0.15, 0.2) is 24.0 Å². The maximum absolute atomic E-state index is 12.4. The maximum Gasteiger partial charge on any atom is 0.419 e. The van der Waals surface area contributed by atoms with E-state index in [0.29, 0.717) is 6.42 Å². The Labute approximate surface area is 87.6 Å². The molecule has 0 radical (unpaired) electrons. The Bertz CT molecular complexity index is 266. The highest BCUT2D eigenvalue weighted by Gasteiger charge is 2.35. The zero-order valence-corrected chi connectivity index (χ0v) is 9.11. The number of hydrogen-bond acceptors (Lipinski definition) is 2. The van der Waals surface area contributed by atoms with Crippen LogP contribution >= 0.6 is 0 Å². The molecule has 0 aromatic carbocycles. The summed E-state index contributed by atoms with van der Waals surface area (Å²) in [4.78, 5) is 0. The summed E-state index contributed by atoms with van der Waals surface area (Å²) in [6.07, 6.45) is -3.33. The van der Waals surface area contributed by atoms with Crippen molar-refractivity contribution in [2.75, 3.05) is 0 Å². The second-order valence-corrected chi connectivity index (χ2v) is 3.44. The van der Waals surface area contributed by atoms with Gasteiger partial charge in [0, 0.05) is 0 Å². The first-order chi connectivity index (χ1) is 6.64. The zero-order chi connectivity index (χ0) is 12.3. The molecule has 0 aliphatic carbocycles. The predicted molar refractivity (Wildman–Crippen MR) is 52.9 cm³/mol. The van der Waals surface area contributed by atoms with Crippen LogP contribution in [0.5, 0.6) is 0 Å². The van der Waals surface area contributed by atoms with E-state index in [1.165, 1.54) is 13.8 Å². The smallest absolute Gasteiger partial charge is 0.419 e. The van der Waals surface area contributed by atoms with Crippen molar-refractivity contribution in [1.29, 1.82) is 0 Å². The molecule has 5 heteroatoms. The fourth-order valence-corrected chi connectivity index (χ4v) is 0.936. The molecule has 0 heterocycles. The lowest BCUT2D eigenvalue weighted by atomic mass is 10.2. The van der Waals surface area contributed by atoms with Gasteiger partial charge in [0.15, 0.2) is 5.72 Å². The van der Waals surface area contributed by atoms with Crippen molar-refractivity contribution in [3.63, 3.8) is 0 Å². The first kappa shape index (κ1) is 14.0. The summed E-state index contributed by atoms with van der Waals surface area (Å²) < 4.78 is 42.2. The van der Waals surface area contributed by atoms with Crippen molar-refractivity contribution in [1.82, 2.24) is 0 Å². The number of hydrogen-bond donors (Lipinski definition) is 1. The van der Waals surface area contributed by atoms with E-state index in [-0.39, 0.29) is 5.76 Å². The second-order valence-electron chi connectivity index (χ2n) is 3.44. The highest BCUT2D eigenvalue weighted by Crippen LogP contribution is 2.30. The summed E-state index contributed by atoms with van der Waals surface area (Å²) in [5.41, 5.74) is 3.61. The number of alkyl halides is 3. The summed E-state index contributed by atoms with van der Waals surface area (Å²) in [5.74, 6) is -0.260. The molecule has 0 aromatic heterocycles. The van der Waals surface area contributed by atoms with Gasteiger partial charge in [-0.3, -0.25) is 5.73 Å². The summed E-state index contributed by atoms with van der Waals surface area (Å²) in [6, 6.07) is 0. The van der Waals surface area contributed by atoms with Crippen LogP contribution in [0.1, 0.15) is 27.2 Å². The van der Waals surface area contributed by atoms with Gasteiger partial charge in [-0.25, -0.2) is 0 Å². The molecular weight excluding hydrogens is 207 g/mol. The molecule has 0 spiro atoms.